The Morgan fingerprint density at radius 1 is 0.761 bits per heavy atom. The van der Waals surface area contributed by atoms with E-state index in [9.17, 15) is 19.7 Å². The van der Waals surface area contributed by atoms with Crippen molar-refractivity contribution in [3.05, 3.63) is 105 Å². The molecule has 2 amide bonds. The van der Waals surface area contributed by atoms with Crippen LogP contribution in [-0.4, -0.2) is 70.3 Å². The number of anilines is 2. The maximum absolute atomic E-state index is 13.4. The number of nitrogens with zero attached hydrogens (tertiary/aromatic N) is 8. The van der Waals surface area contributed by atoms with Crippen molar-refractivity contribution in [3.63, 3.8) is 0 Å². The fourth-order valence-corrected chi connectivity index (χ4v) is 4.69. The number of nitro benzene ring substituents is 1. The van der Waals surface area contributed by atoms with Crippen LogP contribution in [0.4, 0.5) is 17.1 Å². The number of carbonyl (C=O) groups excluding carboxylic acids is 2. The van der Waals surface area contributed by atoms with Crippen molar-refractivity contribution in [3.8, 4) is 5.69 Å². The molecule has 0 unspecified atom stereocenters. The second-order valence-corrected chi connectivity index (χ2v) is 9.90. The van der Waals surface area contributed by atoms with Crippen LogP contribution in [0.5, 0.6) is 0 Å². The summed E-state index contributed by atoms with van der Waals surface area (Å²) in [7, 11) is 0. The average molecular weight is 625 g/mol. The van der Waals surface area contributed by atoms with Gasteiger partial charge in [-0.1, -0.05) is 29.5 Å². The number of aromatic nitrogens is 3. The van der Waals surface area contributed by atoms with E-state index in [1.165, 1.54) is 36.7 Å². The first-order valence-corrected chi connectivity index (χ1v) is 14.9. The molecule has 2 N–H and O–H groups in total. The van der Waals surface area contributed by atoms with Crippen molar-refractivity contribution >= 4 is 41.3 Å². The summed E-state index contributed by atoms with van der Waals surface area (Å²) in [5.41, 5.74) is 8.02. The van der Waals surface area contributed by atoms with Crippen LogP contribution in [0.3, 0.4) is 0 Å². The number of nitro groups is 1. The molecule has 0 bridgehead atoms. The summed E-state index contributed by atoms with van der Waals surface area (Å²) in [4.78, 5) is 41.5. The van der Waals surface area contributed by atoms with Gasteiger partial charge in [-0.05, 0) is 75.2 Å². The molecule has 14 nitrogen and oxygen atoms in total. The largest absolute Gasteiger partial charge is 0.372 e. The van der Waals surface area contributed by atoms with Gasteiger partial charge in [0, 0.05) is 49.7 Å². The van der Waals surface area contributed by atoms with E-state index in [0.29, 0.717) is 0 Å². The normalized spacial score (nSPS) is 11.1. The zero-order valence-corrected chi connectivity index (χ0v) is 26.1. The van der Waals surface area contributed by atoms with E-state index in [0.717, 1.165) is 53.4 Å². The molecule has 0 spiro atoms. The molecule has 0 saturated carbocycles. The summed E-state index contributed by atoms with van der Waals surface area (Å²) in [6, 6.07) is 20.7. The van der Waals surface area contributed by atoms with Crippen LogP contribution in [0.1, 0.15) is 59.8 Å². The number of non-ortho nitro benzene ring substituents is 1. The van der Waals surface area contributed by atoms with Crippen LogP contribution in [0.15, 0.2) is 83.0 Å². The number of hydrogen-bond acceptors (Lipinski definition) is 10. The number of rotatable bonds is 14. The van der Waals surface area contributed by atoms with E-state index in [1.807, 2.05) is 48.5 Å². The van der Waals surface area contributed by atoms with E-state index < -0.39 is 16.7 Å². The fraction of sp³-hybridized carbons (Fsp3) is 0.250. The molecule has 4 rings (SSSR count). The quantitative estimate of drug-likeness (QED) is 0.118. The van der Waals surface area contributed by atoms with Gasteiger partial charge in [0.2, 0.25) is 0 Å². The maximum Gasteiger partial charge on any atom is 0.294 e. The molecule has 0 aliphatic carbocycles. The Morgan fingerprint density at radius 2 is 1.22 bits per heavy atom. The zero-order chi connectivity index (χ0) is 33.1. The summed E-state index contributed by atoms with van der Waals surface area (Å²) >= 11 is 0. The molecular weight excluding hydrogens is 588 g/mol. The van der Waals surface area contributed by atoms with Gasteiger partial charge in [0.1, 0.15) is 0 Å². The fourth-order valence-electron chi connectivity index (χ4n) is 4.69. The number of benzene rings is 3. The molecule has 0 atom stereocenters. The monoisotopic (exact) mass is 624 g/mol. The van der Waals surface area contributed by atoms with E-state index in [2.05, 4.69) is 68.9 Å². The minimum absolute atomic E-state index is 0.149. The molecule has 0 fully saturated rings. The lowest BCUT2D eigenvalue weighted by molar-refractivity contribution is -0.384. The number of hydrogen-bond donors (Lipinski definition) is 2. The molecule has 14 heteroatoms. The highest BCUT2D eigenvalue weighted by Gasteiger charge is 2.26. The summed E-state index contributed by atoms with van der Waals surface area (Å²) in [5, 5.41) is 27.1. The van der Waals surface area contributed by atoms with Gasteiger partial charge in [-0.3, -0.25) is 19.7 Å². The molecule has 0 radical (unpaired) electrons. The van der Waals surface area contributed by atoms with Gasteiger partial charge in [-0.25, -0.2) is 15.5 Å². The third-order valence-corrected chi connectivity index (χ3v) is 7.21. The Morgan fingerprint density at radius 3 is 1.65 bits per heavy atom. The number of amides is 2. The van der Waals surface area contributed by atoms with E-state index in [1.54, 1.807) is 0 Å². The van der Waals surface area contributed by atoms with Crippen molar-refractivity contribution in [1.29, 1.82) is 0 Å². The third kappa shape index (κ3) is 7.96. The highest BCUT2D eigenvalue weighted by Crippen LogP contribution is 2.19. The van der Waals surface area contributed by atoms with Crippen LogP contribution in [0.25, 0.3) is 5.69 Å². The lowest BCUT2D eigenvalue weighted by atomic mass is 10.2. The van der Waals surface area contributed by atoms with Gasteiger partial charge >= 0.3 is 0 Å². The Bertz CT molecular complexity index is 1690. The number of hydrazone groups is 2. The topological polar surface area (TPSA) is 163 Å². The van der Waals surface area contributed by atoms with Crippen LogP contribution >= 0.6 is 0 Å². The second kappa shape index (κ2) is 15.7. The molecule has 4 aromatic rings. The Balaban J connectivity index is 1.55. The lowest BCUT2D eigenvalue weighted by Gasteiger charge is -2.20. The molecule has 1 aromatic heterocycles. The molecule has 238 valence electrons. The summed E-state index contributed by atoms with van der Waals surface area (Å²) in [6.07, 6.45) is 2.94. The Hall–Kier alpha value is -5.92. The van der Waals surface area contributed by atoms with Gasteiger partial charge in [-0.15, -0.1) is 5.10 Å². The predicted molar refractivity (Wildman–Crippen MR) is 178 cm³/mol. The van der Waals surface area contributed by atoms with E-state index in [-0.39, 0.29) is 22.8 Å². The van der Waals surface area contributed by atoms with Gasteiger partial charge in [0.05, 0.1) is 23.0 Å². The zero-order valence-electron chi connectivity index (χ0n) is 26.1. The molecule has 0 saturated heterocycles. The molecular formula is C32H36N10O4. The first-order valence-electron chi connectivity index (χ1n) is 14.9. The third-order valence-electron chi connectivity index (χ3n) is 7.21. The van der Waals surface area contributed by atoms with Gasteiger partial charge < -0.3 is 9.80 Å². The van der Waals surface area contributed by atoms with Crippen LogP contribution < -0.4 is 20.7 Å². The summed E-state index contributed by atoms with van der Waals surface area (Å²) < 4.78 is 1.11. The van der Waals surface area contributed by atoms with Crippen LogP contribution in [0, 0.1) is 10.1 Å². The van der Waals surface area contributed by atoms with Crippen molar-refractivity contribution in [2.75, 3.05) is 36.0 Å². The minimum Gasteiger partial charge on any atom is -0.372 e. The van der Waals surface area contributed by atoms with Crippen molar-refractivity contribution in [1.82, 2.24) is 25.8 Å². The Labute approximate surface area is 266 Å². The van der Waals surface area contributed by atoms with Gasteiger partial charge in [-0.2, -0.15) is 10.2 Å². The van der Waals surface area contributed by atoms with Gasteiger partial charge in [0.15, 0.2) is 11.4 Å². The second-order valence-electron chi connectivity index (χ2n) is 9.90. The highest BCUT2D eigenvalue weighted by molar-refractivity contribution is 6.05. The van der Waals surface area contributed by atoms with Crippen molar-refractivity contribution in [2.24, 2.45) is 10.2 Å². The Kier molecular flexibility index (Phi) is 11.3. The van der Waals surface area contributed by atoms with Crippen LogP contribution in [0.2, 0.25) is 0 Å². The highest BCUT2D eigenvalue weighted by atomic mass is 16.6. The van der Waals surface area contributed by atoms with Gasteiger partial charge in [0.25, 0.3) is 17.5 Å². The number of carbonyl (C=O) groups is 2. The molecule has 0 aliphatic rings. The SMILES string of the molecule is CCN(CC)c1ccc(/C=N/NC(=O)c2nnn(-c3ccc([N+](=O)[O-])cc3)c2C(=O)N/N=C/c2ccc(N(CC)CC)cc2)cc1. The smallest absolute Gasteiger partial charge is 0.294 e. The van der Waals surface area contributed by atoms with E-state index in [4.69, 9.17) is 0 Å². The maximum atomic E-state index is 13.4. The average Bonchev–Trinajstić information content (AvgIpc) is 3.53. The van der Waals surface area contributed by atoms with Crippen LogP contribution in [-0.2, 0) is 0 Å². The minimum atomic E-state index is -0.787. The number of nitrogens with one attached hydrogen (secondary N) is 2. The summed E-state index contributed by atoms with van der Waals surface area (Å²) in [6.45, 7) is 11.8. The standard InChI is InChI=1S/C32H36N10O4/c1-5-39(6-2)25-13-9-23(10-14-25)21-33-36-31(43)29-30(41(38-35-29)27-17-19-28(20-18-27)42(45)46)32(44)37-34-22-24-11-15-26(16-12-24)40(7-3)8-4/h9-22H,5-8H2,1-4H3,(H,36,43)(H,37,44)/b33-21+,34-22+. The molecule has 46 heavy (non-hydrogen) atoms. The predicted octanol–water partition coefficient (Wildman–Crippen LogP) is 4.40. The first kappa shape index (κ1) is 33.0. The summed E-state index contributed by atoms with van der Waals surface area (Å²) in [5.74, 6) is -1.56. The van der Waals surface area contributed by atoms with Crippen molar-refractivity contribution < 1.29 is 14.5 Å². The first-order chi connectivity index (χ1) is 22.3. The molecule has 3 aromatic carbocycles. The molecule has 0 aliphatic heterocycles. The lowest BCUT2D eigenvalue weighted by Crippen LogP contribution is -2.27. The van der Waals surface area contributed by atoms with E-state index >= 15 is 0 Å². The van der Waals surface area contributed by atoms with Crippen molar-refractivity contribution in [2.45, 2.75) is 27.7 Å². The molecule has 1 heterocycles.